The van der Waals surface area contributed by atoms with Gasteiger partial charge in [-0.15, -0.1) is 0 Å². The fourth-order valence-corrected chi connectivity index (χ4v) is 3.26. The summed E-state index contributed by atoms with van der Waals surface area (Å²) in [5.41, 5.74) is 2.16. The third-order valence-corrected chi connectivity index (χ3v) is 4.70. The molecular formula is C19H33NO. The summed E-state index contributed by atoms with van der Waals surface area (Å²) in [6.45, 7) is 15.1. The molecule has 0 aliphatic heterocycles. The molecule has 21 heavy (non-hydrogen) atoms. The summed E-state index contributed by atoms with van der Waals surface area (Å²) in [5, 5.41) is 11.0. The predicted octanol–water partition coefficient (Wildman–Crippen LogP) is 4.43. The Balaban J connectivity index is 3.07. The summed E-state index contributed by atoms with van der Waals surface area (Å²) in [7, 11) is 0. The van der Waals surface area contributed by atoms with Crippen LogP contribution in [0.4, 0.5) is 0 Å². The van der Waals surface area contributed by atoms with Gasteiger partial charge in [0, 0.05) is 5.54 Å². The van der Waals surface area contributed by atoms with Crippen LogP contribution in [0.5, 0.6) is 0 Å². The Labute approximate surface area is 131 Å². The lowest BCUT2D eigenvalue weighted by molar-refractivity contribution is -0.0214. The van der Waals surface area contributed by atoms with Crippen molar-refractivity contribution >= 4 is 0 Å². The van der Waals surface area contributed by atoms with E-state index in [2.05, 4.69) is 70.7 Å². The van der Waals surface area contributed by atoms with Crippen molar-refractivity contribution < 1.29 is 5.11 Å². The van der Waals surface area contributed by atoms with Crippen molar-refractivity contribution in [2.75, 3.05) is 13.1 Å². The fraction of sp³-hybridized carbons (Fsp3) is 0.684. The standard InChI is InChI=1S/C19H33NO/c1-7-19(6,20(8-2)9-3)18(21)17-12-10-11-16(14-17)13-15(4)5/h10-12,14-15,18,21H,7-9,13H2,1-6H3. The maximum Gasteiger partial charge on any atom is 0.0970 e. The topological polar surface area (TPSA) is 23.5 Å². The molecule has 2 atom stereocenters. The molecule has 1 rings (SSSR count). The van der Waals surface area contributed by atoms with Gasteiger partial charge in [-0.3, -0.25) is 4.90 Å². The largest absolute Gasteiger partial charge is 0.386 e. The average Bonchev–Trinajstić information content (AvgIpc) is 2.47. The third-order valence-electron chi connectivity index (χ3n) is 4.70. The van der Waals surface area contributed by atoms with E-state index in [-0.39, 0.29) is 5.54 Å². The van der Waals surface area contributed by atoms with Gasteiger partial charge in [0.25, 0.3) is 0 Å². The van der Waals surface area contributed by atoms with Gasteiger partial charge >= 0.3 is 0 Å². The number of aliphatic hydroxyl groups is 1. The van der Waals surface area contributed by atoms with Crippen LogP contribution in [0.25, 0.3) is 0 Å². The first-order valence-electron chi connectivity index (χ1n) is 8.40. The molecule has 0 saturated carbocycles. The molecule has 0 aliphatic carbocycles. The van der Waals surface area contributed by atoms with Crippen molar-refractivity contribution in [2.45, 2.75) is 66.0 Å². The van der Waals surface area contributed by atoms with Crippen molar-refractivity contribution in [3.05, 3.63) is 35.4 Å². The molecule has 1 N–H and O–H groups in total. The molecule has 2 unspecified atom stereocenters. The van der Waals surface area contributed by atoms with Gasteiger partial charge in [0.2, 0.25) is 0 Å². The third kappa shape index (κ3) is 4.31. The Morgan fingerprint density at radius 1 is 1.14 bits per heavy atom. The summed E-state index contributed by atoms with van der Waals surface area (Å²) in [6.07, 6.45) is 1.55. The van der Waals surface area contributed by atoms with Gasteiger partial charge in [-0.2, -0.15) is 0 Å². The minimum absolute atomic E-state index is 0.208. The Hall–Kier alpha value is -0.860. The Bertz CT molecular complexity index is 425. The second-order valence-corrected chi connectivity index (χ2v) is 6.63. The van der Waals surface area contributed by atoms with E-state index in [1.807, 2.05) is 0 Å². The van der Waals surface area contributed by atoms with Crippen LogP contribution in [0.2, 0.25) is 0 Å². The molecule has 0 heterocycles. The zero-order valence-corrected chi connectivity index (χ0v) is 14.7. The lowest BCUT2D eigenvalue weighted by atomic mass is 9.84. The molecule has 0 amide bonds. The van der Waals surface area contributed by atoms with Crippen molar-refractivity contribution in [3.63, 3.8) is 0 Å². The smallest absolute Gasteiger partial charge is 0.0970 e. The highest BCUT2D eigenvalue weighted by Gasteiger charge is 2.36. The van der Waals surface area contributed by atoms with Crippen LogP contribution in [0.1, 0.15) is 65.2 Å². The van der Waals surface area contributed by atoms with E-state index in [1.165, 1.54) is 5.56 Å². The van der Waals surface area contributed by atoms with Crippen LogP contribution in [-0.2, 0) is 6.42 Å². The molecule has 1 aromatic rings. The first kappa shape index (κ1) is 18.2. The predicted molar refractivity (Wildman–Crippen MR) is 91.6 cm³/mol. The summed E-state index contributed by atoms with van der Waals surface area (Å²) in [4.78, 5) is 2.37. The number of nitrogens with zero attached hydrogens (tertiary/aromatic N) is 1. The number of likely N-dealkylation sites (N-methyl/N-ethyl adjacent to an activating group) is 1. The normalized spacial score (nSPS) is 16.2. The minimum Gasteiger partial charge on any atom is -0.386 e. The quantitative estimate of drug-likeness (QED) is 0.766. The van der Waals surface area contributed by atoms with Gasteiger partial charge in [-0.05, 0) is 49.9 Å². The van der Waals surface area contributed by atoms with Crippen LogP contribution in [0.15, 0.2) is 24.3 Å². The van der Waals surface area contributed by atoms with E-state index in [0.29, 0.717) is 5.92 Å². The first-order chi connectivity index (χ1) is 9.88. The summed E-state index contributed by atoms with van der Waals surface area (Å²) in [5.74, 6) is 0.637. The van der Waals surface area contributed by atoms with E-state index in [1.54, 1.807) is 0 Å². The van der Waals surface area contributed by atoms with Gasteiger partial charge in [-0.1, -0.05) is 58.9 Å². The summed E-state index contributed by atoms with van der Waals surface area (Å²) < 4.78 is 0. The van der Waals surface area contributed by atoms with Gasteiger partial charge in [0.15, 0.2) is 0 Å². The number of benzene rings is 1. The van der Waals surface area contributed by atoms with Gasteiger partial charge in [0.1, 0.15) is 0 Å². The SMILES string of the molecule is CCN(CC)C(C)(CC)C(O)c1cccc(CC(C)C)c1. The molecule has 2 heteroatoms. The number of aliphatic hydroxyl groups excluding tert-OH is 1. The van der Waals surface area contributed by atoms with Gasteiger partial charge < -0.3 is 5.11 Å². The maximum atomic E-state index is 11.0. The molecule has 1 aromatic carbocycles. The molecule has 0 saturated heterocycles. The number of hydrogen-bond donors (Lipinski definition) is 1. The minimum atomic E-state index is -0.450. The highest BCUT2D eigenvalue weighted by atomic mass is 16.3. The lowest BCUT2D eigenvalue weighted by Gasteiger charge is -2.43. The number of hydrogen-bond acceptors (Lipinski definition) is 2. The maximum absolute atomic E-state index is 11.0. The highest BCUT2D eigenvalue weighted by molar-refractivity contribution is 5.27. The van der Waals surface area contributed by atoms with Crippen molar-refractivity contribution in [1.82, 2.24) is 4.90 Å². The van der Waals surface area contributed by atoms with E-state index in [9.17, 15) is 5.11 Å². The van der Waals surface area contributed by atoms with Gasteiger partial charge in [-0.25, -0.2) is 0 Å². The van der Waals surface area contributed by atoms with Crippen molar-refractivity contribution in [3.8, 4) is 0 Å². The molecular weight excluding hydrogens is 258 g/mol. The molecule has 0 bridgehead atoms. The van der Waals surface area contributed by atoms with Crippen LogP contribution < -0.4 is 0 Å². The van der Waals surface area contributed by atoms with Crippen molar-refractivity contribution in [2.24, 2.45) is 5.92 Å². The molecule has 0 spiro atoms. The Morgan fingerprint density at radius 3 is 2.24 bits per heavy atom. The monoisotopic (exact) mass is 291 g/mol. The zero-order valence-electron chi connectivity index (χ0n) is 14.7. The summed E-state index contributed by atoms with van der Waals surface area (Å²) >= 11 is 0. The molecule has 2 nitrogen and oxygen atoms in total. The highest BCUT2D eigenvalue weighted by Crippen LogP contribution is 2.34. The molecule has 0 fully saturated rings. The second kappa shape index (κ2) is 7.95. The zero-order chi connectivity index (χ0) is 16.0. The fourth-order valence-electron chi connectivity index (χ4n) is 3.26. The van der Waals surface area contributed by atoms with E-state index in [4.69, 9.17) is 0 Å². The van der Waals surface area contributed by atoms with Crippen LogP contribution in [-0.4, -0.2) is 28.6 Å². The molecule has 0 aromatic heterocycles. The summed E-state index contributed by atoms with van der Waals surface area (Å²) in [6, 6.07) is 8.49. The van der Waals surface area contributed by atoms with Crippen molar-refractivity contribution in [1.29, 1.82) is 0 Å². The first-order valence-corrected chi connectivity index (χ1v) is 8.40. The number of rotatable bonds is 8. The van der Waals surface area contributed by atoms with E-state index in [0.717, 1.165) is 31.5 Å². The van der Waals surface area contributed by atoms with E-state index >= 15 is 0 Å². The van der Waals surface area contributed by atoms with Crippen LogP contribution in [0.3, 0.4) is 0 Å². The van der Waals surface area contributed by atoms with Crippen LogP contribution in [0, 0.1) is 5.92 Å². The Morgan fingerprint density at radius 2 is 1.76 bits per heavy atom. The van der Waals surface area contributed by atoms with Gasteiger partial charge in [0.05, 0.1) is 6.10 Å². The molecule has 0 radical (unpaired) electrons. The van der Waals surface area contributed by atoms with E-state index < -0.39 is 6.10 Å². The molecule has 0 aliphatic rings. The Kier molecular flexibility index (Phi) is 6.89. The average molecular weight is 291 g/mol. The lowest BCUT2D eigenvalue weighted by Crippen LogP contribution is -2.50. The van der Waals surface area contributed by atoms with Crippen LogP contribution >= 0.6 is 0 Å². The second-order valence-electron chi connectivity index (χ2n) is 6.63. The molecule has 120 valence electrons.